The minimum absolute atomic E-state index is 0.0579. The van der Waals surface area contributed by atoms with Gasteiger partial charge in [0.1, 0.15) is 17.6 Å². The average Bonchev–Trinajstić information content (AvgIpc) is 3.28. The zero-order valence-corrected chi connectivity index (χ0v) is 18.9. The minimum atomic E-state index is 0.0579. The topological polar surface area (TPSA) is 45.9 Å². The number of ether oxygens (including phenoxy) is 1. The average molecular weight is 443 g/mol. The highest BCUT2D eigenvalue weighted by atomic mass is 35.5. The van der Waals surface area contributed by atoms with E-state index in [0.717, 1.165) is 64.2 Å². The molecule has 0 unspecified atom stereocenters. The molecule has 2 saturated heterocycles. The van der Waals surface area contributed by atoms with E-state index >= 15 is 0 Å². The van der Waals surface area contributed by atoms with Gasteiger partial charge in [0, 0.05) is 37.7 Å². The molecule has 6 heteroatoms. The summed E-state index contributed by atoms with van der Waals surface area (Å²) in [7, 11) is 0. The summed E-state index contributed by atoms with van der Waals surface area (Å²) in [5, 5.41) is 0.598. The highest BCUT2D eigenvalue weighted by Gasteiger charge is 2.25. The van der Waals surface area contributed by atoms with Crippen LogP contribution in [0, 0.1) is 0 Å². The first kappa shape index (κ1) is 22.0. The lowest BCUT2D eigenvalue weighted by molar-refractivity contribution is 0.0706. The lowest BCUT2D eigenvalue weighted by Crippen LogP contribution is -2.39. The van der Waals surface area contributed by atoms with Crippen molar-refractivity contribution in [2.45, 2.75) is 45.1 Å². The molecule has 5 nitrogen and oxygen atoms in total. The first-order valence-electron chi connectivity index (χ1n) is 11.3. The van der Waals surface area contributed by atoms with Gasteiger partial charge >= 0.3 is 0 Å². The lowest BCUT2D eigenvalue weighted by atomic mass is 10.1. The fraction of sp³-hybridized carbons (Fsp3) is 0.480. The van der Waals surface area contributed by atoms with E-state index in [1.807, 2.05) is 23.1 Å². The van der Waals surface area contributed by atoms with Crippen LogP contribution in [0.15, 0.2) is 46.6 Å². The van der Waals surface area contributed by atoms with Crippen LogP contribution in [-0.4, -0.2) is 54.5 Å². The van der Waals surface area contributed by atoms with E-state index in [-0.39, 0.29) is 12.0 Å². The summed E-state index contributed by atoms with van der Waals surface area (Å²) < 4.78 is 11.7. The molecular formula is C25H31ClN2O3. The molecule has 1 amide bonds. The number of nitrogens with zero attached hydrogens (tertiary/aromatic N) is 2. The van der Waals surface area contributed by atoms with Gasteiger partial charge < -0.3 is 14.1 Å². The molecule has 2 fully saturated rings. The fourth-order valence-electron chi connectivity index (χ4n) is 4.42. The molecule has 2 aliphatic heterocycles. The third-order valence-electron chi connectivity index (χ3n) is 6.05. The summed E-state index contributed by atoms with van der Waals surface area (Å²) in [4.78, 5) is 17.4. The maximum Gasteiger partial charge on any atom is 0.257 e. The molecule has 1 aromatic heterocycles. The second kappa shape index (κ2) is 10.4. The van der Waals surface area contributed by atoms with E-state index in [2.05, 4.69) is 17.9 Å². The van der Waals surface area contributed by atoms with Crippen LogP contribution in [0.2, 0.25) is 5.02 Å². The maximum absolute atomic E-state index is 13.1. The Bertz CT molecular complexity index is 895. The number of hydrogen-bond acceptors (Lipinski definition) is 4. The molecule has 0 atom stereocenters. The third kappa shape index (κ3) is 5.92. The predicted octanol–water partition coefficient (Wildman–Crippen LogP) is 5.51. The first-order valence-corrected chi connectivity index (χ1v) is 11.6. The summed E-state index contributed by atoms with van der Waals surface area (Å²) >= 11 is 6.24. The lowest BCUT2D eigenvalue weighted by Gasteiger charge is -2.33. The van der Waals surface area contributed by atoms with Crippen molar-refractivity contribution in [1.29, 1.82) is 0 Å². The van der Waals surface area contributed by atoms with Crippen LogP contribution in [0.1, 0.15) is 55.1 Å². The van der Waals surface area contributed by atoms with Crippen molar-refractivity contribution < 1.29 is 13.9 Å². The molecule has 3 heterocycles. The zero-order valence-electron chi connectivity index (χ0n) is 18.2. The van der Waals surface area contributed by atoms with Crippen LogP contribution in [-0.2, 0) is 0 Å². The van der Waals surface area contributed by atoms with Gasteiger partial charge in [-0.15, -0.1) is 0 Å². The molecule has 0 spiro atoms. The third-order valence-corrected chi connectivity index (χ3v) is 6.29. The van der Waals surface area contributed by atoms with E-state index in [1.54, 1.807) is 18.4 Å². The van der Waals surface area contributed by atoms with E-state index in [0.29, 0.717) is 16.3 Å². The van der Waals surface area contributed by atoms with E-state index in [1.165, 1.54) is 12.0 Å². The van der Waals surface area contributed by atoms with Gasteiger partial charge in [-0.25, -0.2) is 0 Å². The SMILES string of the molecule is CC(=Cc1ccco1)CN1CCC(Oc2cc(Cl)ccc2C(=O)N2CCCCC2)CC1. The number of rotatable bonds is 6. The van der Waals surface area contributed by atoms with E-state index in [4.69, 9.17) is 20.8 Å². The summed E-state index contributed by atoms with van der Waals surface area (Å²) in [6.45, 7) is 6.63. The summed E-state index contributed by atoms with van der Waals surface area (Å²) in [6.07, 6.45) is 9.08. The van der Waals surface area contributed by atoms with Gasteiger partial charge in [-0.1, -0.05) is 17.2 Å². The van der Waals surface area contributed by atoms with Crippen LogP contribution in [0.3, 0.4) is 0 Å². The molecule has 166 valence electrons. The summed E-state index contributed by atoms with van der Waals surface area (Å²) in [5.74, 6) is 1.57. The van der Waals surface area contributed by atoms with Crippen LogP contribution >= 0.6 is 11.6 Å². The molecule has 0 bridgehead atoms. The van der Waals surface area contributed by atoms with Crippen molar-refractivity contribution >= 4 is 23.6 Å². The number of hydrogen-bond donors (Lipinski definition) is 0. The molecule has 0 aliphatic carbocycles. The standard InChI is InChI=1S/C25H31ClN2O3/c1-19(16-22-6-5-15-30-22)18-27-13-9-21(10-14-27)31-24-17-20(26)7-8-23(24)25(29)28-11-3-2-4-12-28/h5-8,15-17,21H,2-4,9-14,18H2,1H3. The number of piperidine rings is 2. The number of likely N-dealkylation sites (tertiary alicyclic amines) is 2. The zero-order chi connectivity index (χ0) is 21.6. The molecule has 2 aliphatic rings. The Morgan fingerprint density at radius 3 is 2.65 bits per heavy atom. The fourth-order valence-corrected chi connectivity index (χ4v) is 4.58. The van der Waals surface area contributed by atoms with Crippen molar-refractivity contribution in [3.05, 3.63) is 58.5 Å². The first-order chi connectivity index (χ1) is 15.1. The van der Waals surface area contributed by atoms with Crippen molar-refractivity contribution in [3.63, 3.8) is 0 Å². The number of furan rings is 1. The molecule has 0 radical (unpaired) electrons. The van der Waals surface area contributed by atoms with Gasteiger partial charge in [0.25, 0.3) is 5.91 Å². The molecule has 4 rings (SSSR count). The quantitative estimate of drug-likeness (QED) is 0.592. The Labute approximate surface area is 189 Å². The molecular weight excluding hydrogens is 412 g/mol. The summed E-state index contributed by atoms with van der Waals surface area (Å²) in [6, 6.07) is 9.26. The van der Waals surface area contributed by atoms with Crippen molar-refractivity contribution in [2.24, 2.45) is 0 Å². The van der Waals surface area contributed by atoms with Gasteiger partial charge in [-0.05, 0) is 75.4 Å². The monoisotopic (exact) mass is 442 g/mol. The smallest absolute Gasteiger partial charge is 0.257 e. The number of benzene rings is 1. The second-order valence-electron chi connectivity index (χ2n) is 8.59. The van der Waals surface area contributed by atoms with Crippen molar-refractivity contribution in [2.75, 3.05) is 32.7 Å². The highest BCUT2D eigenvalue weighted by molar-refractivity contribution is 6.30. The number of carbonyl (C=O) groups excluding carboxylic acids is 1. The number of halogens is 1. The largest absolute Gasteiger partial charge is 0.489 e. The molecule has 0 N–H and O–H groups in total. The molecule has 2 aromatic rings. The predicted molar refractivity (Wildman–Crippen MR) is 124 cm³/mol. The van der Waals surface area contributed by atoms with Crippen LogP contribution in [0.25, 0.3) is 6.08 Å². The van der Waals surface area contributed by atoms with Gasteiger partial charge in [-0.3, -0.25) is 9.69 Å². The summed E-state index contributed by atoms with van der Waals surface area (Å²) in [5.41, 5.74) is 1.91. The van der Waals surface area contributed by atoms with Gasteiger partial charge in [0.15, 0.2) is 0 Å². The number of amides is 1. The van der Waals surface area contributed by atoms with Gasteiger partial charge in [0.2, 0.25) is 0 Å². The Kier molecular flexibility index (Phi) is 7.36. The Morgan fingerprint density at radius 2 is 1.94 bits per heavy atom. The number of carbonyl (C=O) groups is 1. The van der Waals surface area contributed by atoms with Crippen LogP contribution < -0.4 is 4.74 Å². The van der Waals surface area contributed by atoms with Gasteiger partial charge in [0.05, 0.1) is 11.8 Å². The Morgan fingerprint density at radius 1 is 1.16 bits per heavy atom. The minimum Gasteiger partial charge on any atom is -0.489 e. The Balaban J connectivity index is 1.35. The highest BCUT2D eigenvalue weighted by Crippen LogP contribution is 2.29. The van der Waals surface area contributed by atoms with Crippen molar-refractivity contribution in [3.8, 4) is 5.75 Å². The van der Waals surface area contributed by atoms with Crippen molar-refractivity contribution in [1.82, 2.24) is 9.80 Å². The van der Waals surface area contributed by atoms with E-state index in [9.17, 15) is 4.79 Å². The van der Waals surface area contributed by atoms with E-state index < -0.39 is 0 Å². The normalized spacial score (nSPS) is 18.9. The van der Waals surface area contributed by atoms with Gasteiger partial charge in [-0.2, -0.15) is 0 Å². The van der Waals surface area contributed by atoms with Crippen LogP contribution in [0.4, 0.5) is 0 Å². The Hall–Kier alpha value is -2.24. The molecule has 31 heavy (non-hydrogen) atoms. The molecule has 1 aromatic carbocycles. The second-order valence-corrected chi connectivity index (χ2v) is 9.03. The molecule has 0 saturated carbocycles. The maximum atomic E-state index is 13.1. The van der Waals surface area contributed by atoms with Crippen LogP contribution in [0.5, 0.6) is 5.75 Å².